The molecule has 2 N–H and O–H groups in total. The number of tetrazole rings is 1. The zero-order chi connectivity index (χ0) is 13.4. The quantitative estimate of drug-likeness (QED) is 0.927. The predicted octanol–water partition coefficient (Wildman–Crippen LogP) is 2.94. The van der Waals surface area contributed by atoms with Crippen molar-refractivity contribution in [3.63, 3.8) is 0 Å². The molecule has 0 spiro atoms. The summed E-state index contributed by atoms with van der Waals surface area (Å²) in [6.45, 7) is 1.97. The van der Waals surface area contributed by atoms with Gasteiger partial charge in [-0.05, 0) is 75.6 Å². The summed E-state index contributed by atoms with van der Waals surface area (Å²) in [6, 6.07) is 6.67. The average molecular weight is 340 g/mol. The molecule has 3 rings (SSSR count). The van der Waals surface area contributed by atoms with E-state index in [1.807, 2.05) is 17.7 Å². The van der Waals surface area contributed by atoms with E-state index in [-0.39, 0.29) is 6.04 Å². The van der Waals surface area contributed by atoms with E-state index in [9.17, 15) is 0 Å². The smallest absolute Gasteiger partial charge is 0.214 e. The third kappa shape index (κ3) is 2.82. The Bertz CT molecular complexity index is 594. The summed E-state index contributed by atoms with van der Waals surface area (Å²) in [5, 5.41) is 12.7. The van der Waals surface area contributed by atoms with Crippen LogP contribution in [-0.4, -0.2) is 20.2 Å². The van der Waals surface area contributed by atoms with Crippen molar-refractivity contribution in [1.82, 2.24) is 20.2 Å². The molecule has 100 valence electrons. The van der Waals surface area contributed by atoms with Crippen LogP contribution < -0.4 is 5.73 Å². The largest absolute Gasteiger partial charge is 0.324 e. The molecule has 1 saturated carbocycles. The monoisotopic (exact) mass is 339 g/mol. The fourth-order valence-electron chi connectivity index (χ4n) is 1.78. The number of hydrogen-bond donors (Lipinski definition) is 1. The molecule has 1 fully saturated rings. The van der Waals surface area contributed by atoms with E-state index in [2.05, 4.69) is 43.6 Å². The Morgan fingerprint density at radius 2 is 2.26 bits per heavy atom. The molecule has 1 aliphatic carbocycles. The maximum atomic E-state index is 5.88. The normalized spacial score (nSPS) is 16.6. The maximum Gasteiger partial charge on any atom is 0.214 e. The van der Waals surface area contributed by atoms with E-state index >= 15 is 0 Å². The second-order valence-electron chi connectivity index (χ2n) is 4.72. The van der Waals surface area contributed by atoms with Gasteiger partial charge in [0.1, 0.15) is 0 Å². The Morgan fingerprint density at radius 3 is 2.89 bits per heavy atom. The minimum absolute atomic E-state index is 0.0344. The van der Waals surface area contributed by atoms with Crippen LogP contribution in [0.1, 0.15) is 37.4 Å². The highest BCUT2D eigenvalue weighted by atomic mass is 79.9. The minimum atomic E-state index is 0.0344. The molecule has 1 heterocycles. The molecule has 2 aromatic rings. The fraction of sp³-hybridized carbons (Fsp3) is 0.417. The lowest BCUT2D eigenvalue weighted by Gasteiger charge is -2.09. The van der Waals surface area contributed by atoms with E-state index < -0.39 is 0 Å². The highest BCUT2D eigenvalue weighted by molar-refractivity contribution is 9.10. The van der Waals surface area contributed by atoms with Crippen molar-refractivity contribution in [1.29, 1.82) is 0 Å². The number of halogens is 1. The average Bonchev–Trinajstić information content (AvgIpc) is 3.12. The molecule has 0 unspecified atom stereocenters. The third-order valence-corrected chi connectivity index (χ3v) is 4.98. The summed E-state index contributed by atoms with van der Waals surface area (Å²) >= 11 is 5.16. The first-order chi connectivity index (χ1) is 9.15. The van der Waals surface area contributed by atoms with Crippen molar-refractivity contribution in [2.45, 2.75) is 41.9 Å². The number of aromatic nitrogens is 4. The lowest BCUT2D eigenvalue weighted by atomic mass is 10.1. The zero-order valence-corrected chi connectivity index (χ0v) is 12.9. The van der Waals surface area contributed by atoms with E-state index in [4.69, 9.17) is 5.73 Å². The van der Waals surface area contributed by atoms with Crippen molar-refractivity contribution in [2.75, 3.05) is 0 Å². The molecule has 19 heavy (non-hydrogen) atoms. The van der Waals surface area contributed by atoms with Gasteiger partial charge in [-0.25, -0.2) is 4.68 Å². The maximum absolute atomic E-state index is 5.88. The van der Waals surface area contributed by atoms with Gasteiger partial charge in [-0.1, -0.05) is 6.07 Å². The summed E-state index contributed by atoms with van der Waals surface area (Å²) in [7, 11) is 0. The number of hydrogen-bond acceptors (Lipinski definition) is 5. The number of rotatable bonds is 4. The van der Waals surface area contributed by atoms with E-state index in [0.29, 0.717) is 6.04 Å². The summed E-state index contributed by atoms with van der Waals surface area (Å²) in [5.74, 6) is 0. The lowest BCUT2D eigenvalue weighted by molar-refractivity contribution is 0.565. The predicted molar refractivity (Wildman–Crippen MR) is 77.0 cm³/mol. The molecule has 1 atom stereocenters. The van der Waals surface area contributed by atoms with Crippen molar-refractivity contribution in [2.24, 2.45) is 5.73 Å². The highest BCUT2D eigenvalue weighted by Gasteiger charge is 2.28. The van der Waals surface area contributed by atoms with Gasteiger partial charge in [0.2, 0.25) is 5.16 Å². The topological polar surface area (TPSA) is 69.6 Å². The third-order valence-electron chi connectivity index (χ3n) is 3.04. The van der Waals surface area contributed by atoms with Gasteiger partial charge in [0, 0.05) is 15.4 Å². The van der Waals surface area contributed by atoms with Crippen LogP contribution in [0, 0.1) is 0 Å². The molecule has 0 radical (unpaired) electrons. The Hall–Kier alpha value is -0.920. The number of benzene rings is 1. The molecule has 1 aromatic carbocycles. The van der Waals surface area contributed by atoms with E-state index in [0.717, 1.165) is 20.1 Å². The van der Waals surface area contributed by atoms with Crippen LogP contribution in [0.15, 0.2) is 32.7 Å². The molecule has 1 aromatic heterocycles. The van der Waals surface area contributed by atoms with Crippen molar-refractivity contribution in [3.8, 4) is 0 Å². The first-order valence-corrected chi connectivity index (χ1v) is 7.77. The Morgan fingerprint density at radius 1 is 1.47 bits per heavy atom. The molecule has 0 bridgehead atoms. The fourth-order valence-corrected chi connectivity index (χ4v) is 3.27. The minimum Gasteiger partial charge on any atom is -0.324 e. The number of nitrogens with zero attached hydrogens (tertiary/aromatic N) is 4. The Kier molecular flexibility index (Phi) is 3.60. The van der Waals surface area contributed by atoms with Crippen LogP contribution in [-0.2, 0) is 0 Å². The first kappa shape index (κ1) is 13.1. The molecule has 0 aliphatic heterocycles. The van der Waals surface area contributed by atoms with Gasteiger partial charge in [0.15, 0.2) is 0 Å². The summed E-state index contributed by atoms with van der Waals surface area (Å²) in [4.78, 5) is 1.10. The van der Waals surface area contributed by atoms with Crippen LogP contribution in [0.2, 0.25) is 0 Å². The van der Waals surface area contributed by atoms with Crippen LogP contribution in [0.4, 0.5) is 0 Å². The van der Waals surface area contributed by atoms with Gasteiger partial charge >= 0.3 is 0 Å². The second kappa shape index (κ2) is 5.22. The molecule has 5 nitrogen and oxygen atoms in total. The van der Waals surface area contributed by atoms with Crippen LogP contribution in [0.5, 0.6) is 0 Å². The molecule has 7 heteroatoms. The van der Waals surface area contributed by atoms with Crippen molar-refractivity contribution in [3.05, 3.63) is 28.2 Å². The SMILES string of the molecule is C[C@@H](N)c1ccc(Sc2nnnn2C2CC2)c(Br)c1. The van der Waals surface area contributed by atoms with Gasteiger partial charge in [-0.15, -0.1) is 5.10 Å². The molecule has 0 saturated heterocycles. The molecule has 1 aliphatic rings. The van der Waals surface area contributed by atoms with Gasteiger partial charge in [0.25, 0.3) is 0 Å². The standard InChI is InChI=1S/C12H14BrN5S/c1-7(14)8-2-5-11(10(13)6-8)19-12-15-16-17-18(12)9-3-4-9/h2,5-7,9H,3-4,14H2,1H3/t7-/m1/s1. The second-order valence-corrected chi connectivity index (χ2v) is 6.58. The van der Waals surface area contributed by atoms with Gasteiger partial charge < -0.3 is 5.73 Å². The summed E-state index contributed by atoms with van der Waals surface area (Å²) < 4.78 is 2.94. The molecular weight excluding hydrogens is 326 g/mol. The van der Waals surface area contributed by atoms with E-state index in [1.54, 1.807) is 11.8 Å². The summed E-state index contributed by atoms with van der Waals surface area (Å²) in [6.07, 6.45) is 2.34. The Balaban J connectivity index is 1.84. The summed E-state index contributed by atoms with van der Waals surface area (Å²) in [5.41, 5.74) is 6.99. The van der Waals surface area contributed by atoms with Crippen LogP contribution >= 0.6 is 27.7 Å². The van der Waals surface area contributed by atoms with Crippen molar-refractivity contribution >= 4 is 27.7 Å². The Labute approximate surface area is 124 Å². The lowest BCUT2D eigenvalue weighted by Crippen LogP contribution is -2.04. The van der Waals surface area contributed by atoms with Crippen LogP contribution in [0.3, 0.4) is 0 Å². The highest BCUT2D eigenvalue weighted by Crippen LogP contribution is 2.39. The van der Waals surface area contributed by atoms with Crippen LogP contribution in [0.25, 0.3) is 0 Å². The first-order valence-electron chi connectivity index (χ1n) is 6.16. The van der Waals surface area contributed by atoms with Crippen molar-refractivity contribution < 1.29 is 0 Å². The number of nitrogens with two attached hydrogens (primary N) is 1. The van der Waals surface area contributed by atoms with Gasteiger partial charge in [-0.2, -0.15) is 0 Å². The van der Waals surface area contributed by atoms with Gasteiger partial charge in [0.05, 0.1) is 6.04 Å². The zero-order valence-electron chi connectivity index (χ0n) is 10.5. The molecular formula is C12H14BrN5S. The van der Waals surface area contributed by atoms with E-state index in [1.165, 1.54) is 12.8 Å². The van der Waals surface area contributed by atoms with Gasteiger partial charge in [-0.3, -0.25) is 0 Å². The molecule has 0 amide bonds.